The molecule has 3 atom stereocenters. The Labute approximate surface area is 350 Å². The highest BCUT2D eigenvalue weighted by atomic mass is 16.5. The van der Waals surface area contributed by atoms with E-state index in [4.69, 9.17) is 18.9 Å². The number of amides is 3. The summed E-state index contributed by atoms with van der Waals surface area (Å²) in [6, 6.07) is 15.5. The average molecular weight is 830 g/mol. The number of hydrogen-bond donors (Lipinski definition) is 4. The van der Waals surface area contributed by atoms with Crippen LogP contribution in [0.3, 0.4) is 0 Å². The highest BCUT2D eigenvalue weighted by Gasteiger charge is 2.31. The fraction of sp³-hybridized carbons (Fsp3) is 0.422. The number of carboxylic acid groups (broad SMARTS) is 1. The van der Waals surface area contributed by atoms with Crippen LogP contribution in [0.15, 0.2) is 73.3 Å². The molecule has 15 heteroatoms. The first kappa shape index (κ1) is 46.5. The van der Waals surface area contributed by atoms with Crippen molar-refractivity contribution in [1.29, 1.82) is 0 Å². The number of aliphatic carboxylic acids is 1. The summed E-state index contributed by atoms with van der Waals surface area (Å²) in [6.45, 7) is 8.87. The molecule has 0 aliphatic carbocycles. The van der Waals surface area contributed by atoms with Crippen molar-refractivity contribution in [2.24, 2.45) is 11.8 Å². The summed E-state index contributed by atoms with van der Waals surface area (Å²) in [6.07, 6.45) is 2.58. The molecule has 3 aromatic carbocycles. The average Bonchev–Trinajstić information content (AvgIpc) is 3.23. The Morgan fingerprint density at radius 1 is 0.883 bits per heavy atom. The molecule has 0 unspecified atom stereocenters. The van der Waals surface area contributed by atoms with Gasteiger partial charge in [-0.1, -0.05) is 75.0 Å². The van der Waals surface area contributed by atoms with E-state index >= 15 is 0 Å². The molecular formula is C45H55N3O12. The number of Topliss-reactive ketones (excluding diaryl/α,β-unsaturated/α-hetero) is 1. The van der Waals surface area contributed by atoms with E-state index in [2.05, 4.69) is 17.2 Å². The van der Waals surface area contributed by atoms with Gasteiger partial charge in [0.2, 0.25) is 5.91 Å². The Morgan fingerprint density at radius 2 is 1.60 bits per heavy atom. The Bertz CT molecular complexity index is 2000. The van der Waals surface area contributed by atoms with E-state index in [1.807, 2.05) is 13.8 Å². The van der Waals surface area contributed by atoms with Crippen LogP contribution in [0.4, 0.5) is 10.5 Å². The van der Waals surface area contributed by atoms with Crippen LogP contribution < -0.4 is 20.1 Å². The van der Waals surface area contributed by atoms with Crippen LogP contribution in [0.25, 0.3) is 0 Å². The van der Waals surface area contributed by atoms with Gasteiger partial charge in [-0.2, -0.15) is 0 Å². The molecule has 0 radical (unpaired) electrons. The number of anilines is 1. The van der Waals surface area contributed by atoms with Crippen LogP contribution in [0.1, 0.15) is 79.1 Å². The summed E-state index contributed by atoms with van der Waals surface area (Å²) in [5.74, 6) is -2.98. The molecule has 1 saturated heterocycles. The van der Waals surface area contributed by atoms with Gasteiger partial charge in [-0.15, -0.1) is 0 Å². The van der Waals surface area contributed by atoms with Crippen molar-refractivity contribution in [3.8, 4) is 11.5 Å². The van der Waals surface area contributed by atoms with Crippen LogP contribution >= 0.6 is 0 Å². The number of nitrogens with one attached hydrogen (secondary N) is 2. The fourth-order valence-corrected chi connectivity index (χ4v) is 6.72. The zero-order valence-corrected chi connectivity index (χ0v) is 34.6. The summed E-state index contributed by atoms with van der Waals surface area (Å²) in [4.78, 5) is 78.2. The van der Waals surface area contributed by atoms with E-state index in [-0.39, 0.29) is 80.1 Å². The highest BCUT2D eigenvalue weighted by molar-refractivity contribution is 6.04. The number of ketones is 1. The number of methoxy groups -OCH3 is 1. The fourth-order valence-electron chi connectivity index (χ4n) is 6.72. The molecule has 3 aromatic rings. The molecule has 60 heavy (non-hydrogen) atoms. The summed E-state index contributed by atoms with van der Waals surface area (Å²) in [7, 11) is 1.42. The van der Waals surface area contributed by atoms with Crippen molar-refractivity contribution in [3.05, 3.63) is 101 Å². The van der Waals surface area contributed by atoms with E-state index in [9.17, 15) is 39.0 Å². The number of carbonyl (C=O) groups excluding carboxylic acids is 5. The van der Waals surface area contributed by atoms with Gasteiger partial charge in [-0.25, -0.2) is 4.79 Å². The summed E-state index contributed by atoms with van der Waals surface area (Å²) >= 11 is 0. The predicted molar refractivity (Wildman–Crippen MR) is 222 cm³/mol. The first-order chi connectivity index (χ1) is 28.7. The number of hydrogen-bond acceptors (Lipinski definition) is 11. The SMILES string of the molecule is C=CCOC(=O)C[C@H](C(=O)N[C@@H](C)C(=O)Cc1ccc(COC(=O)Nc2cc(OCc3cccc(CC(=O)O)c3)c(OC)cc2C(=O)N2CCCC[C@H]2CO)cc1)C(C)C. The van der Waals surface area contributed by atoms with Crippen molar-refractivity contribution in [2.75, 3.05) is 32.2 Å². The maximum atomic E-state index is 14.0. The molecule has 0 spiro atoms. The second-order valence-electron chi connectivity index (χ2n) is 15.0. The molecular weight excluding hydrogens is 775 g/mol. The van der Waals surface area contributed by atoms with Gasteiger partial charge in [0.05, 0.1) is 55.8 Å². The van der Waals surface area contributed by atoms with Gasteiger partial charge in [0, 0.05) is 19.0 Å². The minimum Gasteiger partial charge on any atom is -0.493 e. The number of piperidine rings is 1. The first-order valence-electron chi connectivity index (χ1n) is 19.9. The normalized spacial score (nSPS) is 14.6. The number of esters is 1. The van der Waals surface area contributed by atoms with Crippen molar-refractivity contribution in [2.45, 2.75) is 84.6 Å². The summed E-state index contributed by atoms with van der Waals surface area (Å²) in [5.41, 5.74) is 2.76. The Morgan fingerprint density at radius 3 is 2.27 bits per heavy atom. The standard InChI is InChI=1S/C45H55N3O12/c1-6-18-58-42(53)23-35(28(2)3)43(54)46-29(4)38(50)20-30-13-15-31(16-14-30)26-60-45(56)47-37-24-40(59-27-33-11-9-10-32(19-33)21-41(51)52)39(57-5)22-36(37)44(55)48-17-8-7-12-34(48)25-49/h6,9-11,13-16,19,22,24,28-29,34-35,49H,1,7-8,12,17-18,20-21,23,25-27H2,2-5H3,(H,46,54)(H,47,56)(H,51,52)/t29-,34-,35-/m0/s1. The maximum Gasteiger partial charge on any atom is 0.411 e. The van der Waals surface area contributed by atoms with E-state index in [1.165, 1.54) is 25.3 Å². The second kappa shape index (κ2) is 22.8. The quantitative estimate of drug-likeness (QED) is 0.0760. The molecule has 0 saturated carbocycles. The van der Waals surface area contributed by atoms with Gasteiger partial charge in [-0.05, 0) is 60.4 Å². The number of carboxylic acids is 1. The molecule has 1 aliphatic heterocycles. The molecule has 1 aliphatic rings. The lowest BCUT2D eigenvalue weighted by Crippen LogP contribution is -2.45. The molecule has 1 heterocycles. The Balaban J connectivity index is 1.43. The van der Waals surface area contributed by atoms with Crippen LogP contribution in [0.2, 0.25) is 0 Å². The van der Waals surface area contributed by atoms with Gasteiger partial charge in [-0.3, -0.25) is 29.3 Å². The topological polar surface area (TPSA) is 207 Å². The second-order valence-corrected chi connectivity index (χ2v) is 15.0. The van der Waals surface area contributed by atoms with Gasteiger partial charge >= 0.3 is 18.0 Å². The lowest BCUT2D eigenvalue weighted by atomic mass is 9.91. The molecule has 322 valence electrons. The number of benzene rings is 3. The third kappa shape index (κ3) is 13.7. The van der Waals surface area contributed by atoms with Gasteiger partial charge in [0.15, 0.2) is 17.3 Å². The van der Waals surface area contributed by atoms with Crippen LogP contribution in [0.5, 0.6) is 11.5 Å². The number of carbonyl (C=O) groups is 6. The van der Waals surface area contributed by atoms with Gasteiger partial charge < -0.3 is 39.4 Å². The van der Waals surface area contributed by atoms with Crippen molar-refractivity contribution >= 4 is 41.3 Å². The van der Waals surface area contributed by atoms with E-state index in [0.29, 0.717) is 35.2 Å². The number of rotatable bonds is 21. The molecule has 1 fully saturated rings. The Kier molecular flexibility index (Phi) is 17.7. The lowest BCUT2D eigenvalue weighted by molar-refractivity contribution is -0.146. The number of nitrogens with zero attached hydrogens (tertiary/aromatic N) is 1. The first-order valence-corrected chi connectivity index (χ1v) is 19.9. The van der Waals surface area contributed by atoms with Crippen molar-refractivity contribution in [1.82, 2.24) is 10.2 Å². The lowest BCUT2D eigenvalue weighted by Gasteiger charge is -2.35. The zero-order valence-electron chi connectivity index (χ0n) is 34.6. The predicted octanol–water partition coefficient (Wildman–Crippen LogP) is 5.64. The van der Waals surface area contributed by atoms with E-state index in [1.54, 1.807) is 60.4 Å². The van der Waals surface area contributed by atoms with Crippen molar-refractivity contribution in [3.63, 3.8) is 0 Å². The molecule has 0 bridgehead atoms. The number of likely N-dealkylation sites (tertiary alicyclic amines) is 1. The molecule has 4 N–H and O–H groups in total. The van der Waals surface area contributed by atoms with Crippen LogP contribution in [0, 0.1) is 11.8 Å². The van der Waals surface area contributed by atoms with Crippen LogP contribution in [-0.2, 0) is 54.7 Å². The minimum absolute atomic E-state index is 0.0252. The van der Waals surface area contributed by atoms with Gasteiger partial charge in [0.1, 0.15) is 19.8 Å². The molecule has 3 amide bonds. The Hall–Kier alpha value is -6.22. The van der Waals surface area contributed by atoms with Crippen LogP contribution in [-0.4, -0.2) is 89.7 Å². The zero-order chi connectivity index (χ0) is 43.8. The van der Waals surface area contributed by atoms with E-state index < -0.39 is 47.8 Å². The van der Waals surface area contributed by atoms with Gasteiger partial charge in [0.25, 0.3) is 5.91 Å². The highest BCUT2D eigenvalue weighted by Crippen LogP contribution is 2.36. The number of ether oxygens (including phenoxy) is 4. The number of aliphatic hydroxyl groups excluding tert-OH is 1. The summed E-state index contributed by atoms with van der Waals surface area (Å²) < 4.78 is 22.2. The smallest absolute Gasteiger partial charge is 0.411 e. The molecule has 4 rings (SSSR count). The third-order valence-corrected chi connectivity index (χ3v) is 10.1. The number of aliphatic hydroxyl groups is 1. The molecule has 15 nitrogen and oxygen atoms in total. The monoisotopic (exact) mass is 829 g/mol. The minimum atomic E-state index is -0.966. The third-order valence-electron chi connectivity index (χ3n) is 10.1. The van der Waals surface area contributed by atoms with E-state index in [0.717, 1.165) is 12.8 Å². The summed E-state index contributed by atoms with van der Waals surface area (Å²) in [5, 5.41) is 24.6. The maximum absolute atomic E-state index is 14.0. The largest absolute Gasteiger partial charge is 0.493 e. The molecule has 0 aromatic heterocycles. The van der Waals surface area contributed by atoms with Crippen molar-refractivity contribution < 1.29 is 57.9 Å².